The van der Waals surface area contributed by atoms with E-state index >= 15 is 0 Å². The summed E-state index contributed by atoms with van der Waals surface area (Å²) in [7, 11) is 3.78. The van der Waals surface area contributed by atoms with Crippen LogP contribution >= 0.6 is 35.6 Å². The van der Waals surface area contributed by atoms with Gasteiger partial charge in [-0.25, -0.2) is 0 Å². The third-order valence-electron chi connectivity index (χ3n) is 5.20. The molecule has 0 aliphatic heterocycles. The van der Waals surface area contributed by atoms with Crippen LogP contribution in [0.25, 0.3) is 0 Å². The number of nitrogens with zero attached hydrogens (tertiary/aromatic N) is 3. The van der Waals surface area contributed by atoms with E-state index in [2.05, 4.69) is 39.8 Å². The van der Waals surface area contributed by atoms with Gasteiger partial charge in [0.25, 0.3) is 0 Å². The first-order valence-corrected chi connectivity index (χ1v) is 9.02. The molecular formula is C19H27ClIN5. The van der Waals surface area contributed by atoms with Crippen molar-refractivity contribution in [2.45, 2.75) is 38.6 Å². The van der Waals surface area contributed by atoms with Crippen LogP contribution in [0.3, 0.4) is 0 Å². The van der Waals surface area contributed by atoms with Crippen molar-refractivity contribution in [3.8, 4) is 0 Å². The van der Waals surface area contributed by atoms with Gasteiger partial charge in [-0.05, 0) is 44.4 Å². The Morgan fingerprint density at radius 1 is 1.31 bits per heavy atom. The van der Waals surface area contributed by atoms with Crippen molar-refractivity contribution in [3.63, 3.8) is 0 Å². The molecule has 0 radical (unpaired) electrons. The number of aryl methyl sites for hydroxylation is 2. The molecule has 0 bridgehead atoms. The van der Waals surface area contributed by atoms with Crippen LogP contribution < -0.4 is 10.6 Å². The molecule has 1 aliphatic carbocycles. The lowest BCUT2D eigenvalue weighted by Gasteiger charge is -2.19. The van der Waals surface area contributed by atoms with Gasteiger partial charge < -0.3 is 10.6 Å². The first-order chi connectivity index (χ1) is 11.9. The molecule has 0 amide bonds. The summed E-state index contributed by atoms with van der Waals surface area (Å²) >= 11 is 6.15. The highest BCUT2D eigenvalue weighted by atomic mass is 127. The molecule has 2 N–H and O–H groups in total. The Labute approximate surface area is 177 Å². The fourth-order valence-electron chi connectivity index (χ4n) is 3.26. The zero-order valence-electron chi connectivity index (χ0n) is 15.8. The number of hydrogen-bond acceptors (Lipinski definition) is 2. The Morgan fingerprint density at radius 3 is 2.58 bits per heavy atom. The van der Waals surface area contributed by atoms with Gasteiger partial charge in [-0.3, -0.25) is 9.67 Å². The maximum absolute atomic E-state index is 6.15. The lowest BCUT2D eigenvalue weighted by atomic mass is 9.96. The fraction of sp³-hybridized carbons (Fsp3) is 0.474. The molecule has 1 aromatic carbocycles. The fourth-order valence-corrected chi connectivity index (χ4v) is 3.45. The van der Waals surface area contributed by atoms with Crippen LogP contribution in [-0.4, -0.2) is 29.3 Å². The molecule has 142 valence electrons. The first kappa shape index (κ1) is 21.0. The molecule has 1 aromatic heterocycles. The predicted octanol–water partition coefficient (Wildman–Crippen LogP) is 3.71. The van der Waals surface area contributed by atoms with E-state index in [0.717, 1.165) is 29.8 Å². The maximum atomic E-state index is 6.15. The highest BCUT2D eigenvalue weighted by molar-refractivity contribution is 14.0. The molecule has 1 saturated carbocycles. The SMILES string of the molecule is CN=C(NCc1c(C)nn(C)c1C)NCC1(c2cccc(Cl)c2)CC1.I. The Bertz CT molecular complexity index is 795. The second-order valence-electron chi connectivity index (χ2n) is 6.84. The van der Waals surface area contributed by atoms with E-state index in [4.69, 9.17) is 11.6 Å². The lowest BCUT2D eigenvalue weighted by molar-refractivity contribution is 0.645. The van der Waals surface area contributed by atoms with Gasteiger partial charge >= 0.3 is 0 Å². The molecule has 0 spiro atoms. The molecule has 2 aromatic rings. The van der Waals surface area contributed by atoms with Crippen molar-refractivity contribution < 1.29 is 0 Å². The van der Waals surface area contributed by atoms with Gasteiger partial charge in [0.15, 0.2) is 5.96 Å². The molecule has 0 saturated heterocycles. The molecule has 7 heteroatoms. The summed E-state index contributed by atoms with van der Waals surface area (Å²) in [4.78, 5) is 4.35. The molecule has 26 heavy (non-hydrogen) atoms. The topological polar surface area (TPSA) is 54.2 Å². The zero-order chi connectivity index (χ0) is 18.0. The summed E-state index contributed by atoms with van der Waals surface area (Å²) in [6.07, 6.45) is 2.36. The summed E-state index contributed by atoms with van der Waals surface area (Å²) in [6.45, 7) is 5.71. The highest BCUT2D eigenvalue weighted by Gasteiger charge is 2.44. The van der Waals surface area contributed by atoms with Crippen LogP contribution in [0, 0.1) is 13.8 Å². The largest absolute Gasteiger partial charge is 0.356 e. The standard InChI is InChI=1S/C19H26ClN5.HI/c1-13-17(14(2)25(4)24-13)11-22-18(21-3)23-12-19(8-9-19)15-6-5-7-16(20)10-15;/h5-7,10H,8-9,11-12H2,1-4H3,(H2,21,22,23);1H. The number of aliphatic imine (C=N–C) groups is 1. The maximum Gasteiger partial charge on any atom is 0.191 e. The van der Waals surface area contributed by atoms with Gasteiger partial charge in [0, 0.05) is 48.9 Å². The highest BCUT2D eigenvalue weighted by Crippen LogP contribution is 2.48. The van der Waals surface area contributed by atoms with E-state index in [1.54, 1.807) is 7.05 Å². The third-order valence-corrected chi connectivity index (χ3v) is 5.43. The normalized spacial score (nSPS) is 15.3. The Morgan fingerprint density at radius 2 is 2.04 bits per heavy atom. The average molecular weight is 488 g/mol. The van der Waals surface area contributed by atoms with Crippen LogP contribution in [0.1, 0.15) is 35.4 Å². The van der Waals surface area contributed by atoms with E-state index in [1.807, 2.05) is 30.8 Å². The number of aromatic nitrogens is 2. The van der Waals surface area contributed by atoms with Gasteiger partial charge in [0.1, 0.15) is 0 Å². The van der Waals surface area contributed by atoms with Crippen molar-refractivity contribution in [2.24, 2.45) is 12.0 Å². The molecule has 1 fully saturated rings. The lowest BCUT2D eigenvalue weighted by Crippen LogP contribution is -2.41. The van der Waals surface area contributed by atoms with Crippen molar-refractivity contribution in [1.82, 2.24) is 20.4 Å². The number of benzene rings is 1. The van der Waals surface area contributed by atoms with Crippen molar-refractivity contribution in [3.05, 3.63) is 51.8 Å². The molecule has 5 nitrogen and oxygen atoms in total. The third kappa shape index (κ3) is 4.52. The molecule has 1 heterocycles. The van der Waals surface area contributed by atoms with Gasteiger partial charge in [0.2, 0.25) is 0 Å². The summed E-state index contributed by atoms with van der Waals surface area (Å²) in [5.41, 5.74) is 4.95. The smallest absolute Gasteiger partial charge is 0.191 e. The molecule has 1 aliphatic rings. The van der Waals surface area contributed by atoms with Crippen LogP contribution in [0.15, 0.2) is 29.3 Å². The summed E-state index contributed by atoms with van der Waals surface area (Å²) in [5.74, 6) is 0.816. The van der Waals surface area contributed by atoms with Gasteiger partial charge in [-0.2, -0.15) is 5.10 Å². The van der Waals surface area contributed by atoms with Crippen molar-refractivity contribution in [1.29, 1.82) is 0 Å². The summed E-state index contributed by atoms with van der Waals surface area (Å²) in [5, 5.41) is 12.1. The van der Waals surface area contributed by atoms with Gasteiger partial charge in [-0.1, -0.05) is 23.7 Å². The van der Waals surface area contributed by atoms with Gasteiger partial charge in [0.05, 0.1) is 5.69 Å². The van der Waals surface area contributed by atoms with Crippen LogP contribution in [0.2, 0.25) is 5.02 Å². The Hall–Kier alpha value is -1.28. The van der Waals surface area contributed by atoms with Crippen LogP contribution in [0.5, 0.6) is 0 Å². The first-order valence-electron chi connectivity index (χ1n) is 8.65. The number of nitrogens with one attached hydrogen (secondary N) is 2. The summed E-state index contributed by atoms with van der Waals surface area (Å²) in [6, 6.07) is 8.19. The van der Waals surface area contributed by atoms with Crippen LogP contribution in [-0.2, 0) is 19.0 Å². The van der Waals surface area contributed by atoms with E-state index in [1.165, 1.54) is 29.7 Å². The minimum Gasteiger partial charge on any atom is -0.356 e. The second-order valence-corrected chi connectivity index (χ2v) is 7.28. The number of guanidine groups is 1. The quantitative estimate of drug-likeness (QED) is 0.384. The molecular weight excluding hydrogens is 461 g/mol. The van der Waals surface area contributed by atoms with E-state index in [0.29, 0.717) is 0 Å². The number of hydrogen-bond donors (Lipinski definition) is 2. The minimum atomic E-state index is 0. The molecule has 3 rings (SSSR count). The molecule has 0 unspecified atom stereocenters. The van der Waals surface area contributed by atoms with E-state index in [-0.39, 0.29) is 29.4 Å². The predicted molar refractivity (Wildman–Crippen MR) is 119 cm³/mol. The number of halogens is 2. The van der Waals surface area contributed by atoms with E-state index in [9.17, 15) is 0 Å². The zero-order valence-corrected chi connectivity index (χ0v) is 18.9. The van der Waals surface area contributed by atoms with Crippen LogP contribution in [0.4, 0.5) is 0 Å². The second kappa shape index (κ2) is 8.61. The van der Waals surface area contributed by atoms with Gasteiger partial charge in [-0.15, -0.1) is 24.0 Å². The summed E-state index contributed by atoms with van der Waals surface area (Å²) < 4.78 is 1.92. The van der Waals surface area contributed by atoms with Crippen molar-refractivity contribution >= 4 is 41.5 Å². The Kier molecular flexibility index (Phi) is 6.96. The van der Waals surface area contributed by atoms with Crippen molar-refractivity contribution in [2.75, 3.05) is 13.6 Å². The van der Waals surface area contributed by atoms with E-state index < -0.39 is 0 Å². The minimum absolute atomic E-state index is 0. The average Bonchev–Trinajstić information content (AvgIpc) is 3.34. The number of rotatable bonds is 5. The Balaban J connectivity index is 0.00000243. The molecule has 0 atom stereocenters. The monoisotopic (exact) mass is 487 g/mol.